The minimum atomic E-state index is -0.443. The van der Waals surface area contributed by atoms with Gasteiger partial charge >= 0.3 is 5.97 Å². The van der Waals surface area contributed by atoms with E-state index in [0.29, 0.717) is 6.61 Å². The van der Waals surface area contributed by atoms with Gasteiger partial charge in [-0.3, -0.25) is 9.78 Å². The van der Waals surface area contributed by atoms with Crippen LogP contribution in [0.1, 0.15) is 18.4 Å². The van der Waals surface area contributed by atoms with Gasteiger partial charge in [-0.1, -0.05) is 18.2 Å². The normalized spacial score (nSPS) is 11.7. The van der Waals surface area contributed by atoms with E-state index in [1.54, 1.807) is 13.1 Å². The van der Waals surface area contributed by atoms with Gasteiger partial charge in [-0.05, 0) is 24.6 Å². The molecule has 4 nitrogen and oxygen atoms in total. The summed E-state index contributed by atoms with van der Waals surface area (Å²) in [5.74, 6) is -0.737. The van der Waals surface area contributed by atoms with Crippen molar-refractivity contribution < 1.29 is 9.53 Å². The Balaban J connectivity index is 0.00000180. The molecule has 2 N–H and O–H groups in total. The molecule has 1 aromatic carbocycles. The first-order valence-electron chi connectivity index (χ1n) is 5.97. The van der Waals surface area contributed by atoms with Crippen LogP contribution in [0.5, 0.6) is 0 Å². The Morgan fingerprint density at radius 3 is 2.84 bits per heavy atom. The third kappa shape index (κ3) is 3.43. The minimum Gasteiger partial charge on any atom is -0.465 e. The molecule has 1 aromatic heterocycles. The Morgan fingerprint density at radius 2 is 2.16 bits per heavy atom. The number of nitrogens with zero attached hydrogens (tertiary/aromatic N) is 1. The molecular weight excluding hydrogens is 264 g/mol. The smallest absolute Gasteiger partial charge is 0.314 e. The number of carbonyl (C=O) groups is 1. The molecule has 0 fully saturated rings. The molecule has 2 aromatic rings. The molecular formula is C14H17ClN2O2. The number of esters is 1. The molecule has 0 aliphatic carbocycles. The summed E-state index contributed by atoms with van der Waals surface area (Å²) < 4.78 is 5.01. The first kappa shape index (κ1) is 15.4. The molecule has 0 saturated heterocycles. The van der Waals surface area contributed by atoms with Gasteiger partial charge in [0.05, 0.1) is 18.0 Å². The third-order valence-corrected chi connectivity index (χ3v) is 2.82. The molecule has 19 heavy (non-hydrogen) atoms. The van der Waals surface area contributed by atoms with Crippen molar-refractivity contribution in [2.45, 2.75) is 12.8 Å². The average Bonchev–Trinajstić information content (AvgIpc) is 2.40. The van der Waals surface area contributed by atoms with Crippen molar-refractivity contribution in [2.24, 2.45) is 5.73 Å². The van der Waals surface area contributed by atoms with Gasteiger partial charge in [-0.2, -0.15) is 0 Å². The van der Waals surface area contributed by atoms with E-state index >= 15 is 0 Å². The van der Waals surface area contributed by atoms with Gasteiger partial charge in [0.2, 0.25) is 0 Å². The third-order valence-electron chi connectivity index (χ3n) is 2.82. The molecule has 0 aliphatic heterocycles. The van der Waals surface area contributed by atoms with Crippen LogP contribution < -0.4 is 5.73 Å². The number of hydrogen-bond donors (Lipinski definition) is 1. The summed E-state index contributed by atoms with van der Waals surface area (Å²) in [6.45, 7) is 2.36. The fourth-order valence-corrected chi connectivity index (χ4v) is 1.89. The Morgan fingerprint density at radius 1 is 1.42 bits per heavy atom. The van der Waals surface area contributed by atoms with E-state index in [9.17, 15) is 4.79 Å². The van der Waals surface area contributed by atoms with Crippen LogP contribution in [0.15, 0.2) is 36.5 Å². The molecule has 1 atom stereocenters. The number of benzene rings is 1. The van der Waals surface area contributed by atoms with Crippen molar-refractivity contribution in [3.05, 3.63) is 42.1 Å². The number of fused-ring (bicyclic) bond motifs is 1. The van der Waals surface area contributed by atoms with Gasteiger partial charge in [0.1, 0.15) is 0 Å². The number of hydrogen-bond acceptors (Lipinski definition) is 4. The van der Waals surface area contributed by atoms with Gasteiger partial charge < -0.3 is 10.5 Å². The Kier molecular flexibility index (Phi) is 5.73. The Bertz CT molecular complexity index is 560. The lowest BCUT2D eigenvalue weighted by atomic mass is 9.99. The highest BCUT2D eigenvalue weighted by atomic mass is 35.5. The lowest BCUT2D eigenvalue weighted by Crippen LogP contribution is -2.23. The zero-order chi connectivity index (χ0) is 13.0. The van der Waals surface area contributed by atoms with Crippen molar-refractivity contribution >= 4 is 29.3 Å². The second kappa shape index (κ2) is 7.07. The van der Waals surface area contributed by atoms with Gasteiger partial charge in [-0.15, -0.1) is 12.4 Å². The second-order valence-electron chi connectivity index (χ2n) is 4.00. The summed E-state index contributed by atoms with van der Waals surface area (Å²) in [6, 6.07) is 9.71. The lowest BCUT2D eigenvalue weighted by Gasteiger charge is -2.13. The van der Waals surface area contributed by atoms with Crippen molar-refractivity contribution in [3.63, 3.8) is 0 Å². The van der Waals surface area contributed by atoms with Crippen LogP contribution in [0.3, 0.4) is 0 Å². The molecule has 0 bridgehead atoms. The Hall–Kier alpha value is -1.65. The maximum atomic E-state index is 11.8. The van der Waals surface area contributed by atoms with Crippen LogP contribution in [-0.2, 0) is 9.53 Å². The summed E-state index contributed by atoms with van der Waals surface area (Å²) in [4.78, 5) is 16.1. The highest BCUT2D eigenvalue weighted by molar-refractivity contribution is 5.85. The first-order valence-corrected chi connectivity index (χ1v) is 5.97. The summed E-state index contributed by atoms with van der Waals surface area (Å²) in [5, 5.41) is 0.998. The molecule has 0 amide bonds. The van der Waals surface area contributed by atoms with Crippen molar-refractivity contribution in [1.82, 2.24) is 4.98 Å². The van der Waals surface area contributed by atoms with E-state index in [0.717, 1.165) is 16.5 Å². The standard InChI is InChI=1S/C14H16N2O2.ClH/c1-2-18-14(17)12(8-15)11-7-10-5-3-4-6-13(10)16-9-11;/h3-7,9,12H,2,8,15H2,1H3;1H/t12-;/m1./s1. The highest BCUT2D eigenvalue weighted by Gasteiger charge is 2.20. The van der Waals surface area contributed by atoms with E-state index < -0.39 is 5.92 Å². The quantitative estimate of drug-likeness (QED) is 0.873. The van der Waals surface area contributed by atoms with Crippen LogP contribution in [0, 0.1) is 0 Å². The number of halogens is 1. The van der Waals surface area contributed by atoms with Gasteiger partial charge in [-0.25, -0.2) is 0 Å². The summed E-state index contributed by atoms with van der Waals surface area (Å²) in [7, 11) is 0. The number of ether oxygens (including phenoxy) is 1. The predicted octanol–water partition coefficient (Wildman–Crippen LogP) is 2.26. The molecule has 0 spiro atoms. The number of rotatable bonds is 4. The number of nitrogens with two attached hydrogens (primary N) is 1. The second-order valence-corrected chi connectivity index (χ2v) is 4.00. The SMILES string of the molecule is CCOC(=O)[C@H](CN)c1cnc2ccccc2c1.Cl. The van der Waals surface area contributed by atoms with Crippen LogP contribution >= 0.6 is 12.4 Å². The summed E-state index contributed by atoms with van der Waals surface area (Å²) in [5.41, 5.74) is 7.36. The molecule has 1 heterocycles. The maximum absolute atomic E-state index is 11.8. The topological polar surface area (TPSA) is 65.2 Å². The average molecular weight is 281 g/mol. The molecule has 2 rings (SSSR count). The fourth-order valence-electron chi connectivity index (χ4n) is 1.89. The molecule has 102 valence electrons. The summed E-state index contributed by atoms with van der Waals surface area (Å²) >= 11 is 0. The van der Waals surface area contributed by atoms with Crippen LogP contribution in [0.4, 0.5) is 0 Å². The molecule has 5 heteroatoms. The van der Waals surface area contributed by atoms with Crippen LogP contribution in [-0.4, -0.2) is 24.1 Å². The molecule has 0 radical (unpaired) electrons. The van der Waals surface area contributed by atoms with E-state index in [1.165, 1.54) is 0 Å². The Labute approximate surface area is 118 Å². The number of aromatic nitrogens is 1. The zero-order valence-electron chi connectivity index (χ0n) is 10.7. The van der Waals surface area contributed by atoms with Crippen molar-refractivity contribution in [1.29, 1.82) is 0 Å². The number of carbonyl (C=O) groups excluding carboxylic acids is 1. The van der Waals surface area contributed by atoms with E-state index in [-0.39, 0.29) is 24.9 Å². The minimum absolute atomic E-state index is 0. The largest absolute Gasteiger partial charge is 0.465 e. The van der Waals surface area contributed by atoms with Crippen LogP contribution in [0.25, 0.3) is 10.9 Å². The van der Waals surface area contributed by atoms with E-state index in [2.05, 4.69) is 4.98 Å². The van der Waals surface area contributed by atoms with Crippen molar-refractivity contribution in [3.8, 4) is 0 Å². The number of para-hydroxylation sites is 1. The van der Waals surface area contributed by atoms with Gasteiger partial charge in [0, 0.05) is 18.1 Å². The number of pyridine rings is 1. The van der Waals surface area contributed by atoms with Gasteiger partial charge in [0.15, 0.2) is 0 Å². The van der Waals surface area contributed by atoms with E-state index in [4.69, 9.17) is 10.5 Å². The molecule has 0 saturated carbocycles. The van der Waals surface area contributed by atoms with Crippen LogP contribution in [0.2, 0.25) is 0 Å². The summed E-state index contributed by atoms with van der Waals surface area (Å²) in [6.07, 6.45) is 1.69. The fraction of sp³-hybridized carbons (Fsp3) is 0.286. The monoisotopic (exact) mass is 280 g/mol. The highest BCUT2D eigenvalue weighted by Crippen LogP contribution is 2.20. The zero-order valence-corrected chi connectivity index (χ0v) is 11.5. The van der Waals surface area contributed by atoms with Crippen molar-refractivity contribution in [2.75, 3.05) is 13.2 Å². The predicted molar refractivity (Wildman–Crippen MR) is 77.4 cm³/mol. The maximum Gasteiger partial charge on any atom is 0.314 e. The molecule has 0 aliphatic rings. The van der Waals surface area contributed by atoms with Gasteiger partial charge in [0.25, 0.3) is 0 Å². The first-order chi connectivity index (χ1) is 8.76. The lowest BCUT2D eigenvalue weighted by molar-refractivity contribution is -0.144. The molecule has 0 unspecified atom stereocenters. The van der Waals surface area contributed by atoms with E-state index in [1.807, 2.05) is 30.3 Å².